The smallest absolute Gasteiger partial charge is 0.270 e. The van der Waals surface area contributed by atoms with E-state index in [4.69, 9.17) is 5.73 Å². The maximum atomic E-state index is 11.4. The number of aromatic amines is 1. The van der Waals surface area contributed by atoms with Gasteiger partial charge in [-0.1, -0.05) is 13.8 Å². The lowest BCUT2D eigenvalue weighted by Gasteiger charge is -2.02. The predicted molar refractivity (Wildman–Crippen MR) is 48.0 cm³/mol. The first-order chi connectivity index (χ1) is 5.57. The molecule has 1 heterocycles. The van der Waals surface area contributed by atoms with Crippen LogP contribution in [0.25, 0.3) is 0 Å². The van der Waals surface area contributed by atoms with E-state index in [0.29, 0.717) is 18.0 Å². The van der Waals surface area contributed by atoms with Crippen molar-refractivity contribution in [1.82, 2.24) is 9.78 Å². The fourth-order valence-corrected chi connectivity index (χ4v) is 1.29. The van der Waals surface area contributed by atoms with Crippen LogP contribution in [0, 0.1) is 0 Å². The van der Waals surface area contributed by atoms with E-state index in [0.717, 1.165) is 5.69 Å². The summed E-state index contributed by atoms with van der Waals surface area (Å²) in [5.41, 5.74) is 7.11. The number of nitrogens with zero attached hydrogens (tertiary/aromatic N) is 1. The van der Waals surface area contributed by atoms with Crippen molar-refractivity contribution in [2.24, 2.45) is 12.8 Å². The van der Waals surface area contributed by atoms with E-state index in [1.54, 1.807) is 7.05 Å². The first-order valence-corrected chi connectivity index (χ1v) is 4.05. The Morgan fingerprint density at radius 2 is 2.17 bits per heavy atom. The molecule has 1 rings (SSSR count). The monoisotopic (exact) mass is 169 g/mol. The van der Waals surface area contributed by atoms with Crippen molar-refractivity contribution in [3.63, 3.8) is 0 Å². The van der Waals surface area contributed by atoms with Crippen molar-refractivity contribution in [2.75, 3.05) is 0 Å². The van der Waals surface area contributed by atoms with Crippen LogP contribution >= 0.6 is 0 Å². The molecule has 1 aromatic heterocycles. The summed E-state index contributed by atoms with van der Waals surface area (Å²) in [5.74, 6) is 0.317. The minimum absolute atomic E-state index is 0.0128. The topological polar surface area (TPSA) is 63.8 Å². The zero-order chi connectivity index (χ0) is 9.30. The molecule has 3 N–H and O–H groups in total. The van der Waals surface area contributed by atoms with Gasteiger partial charge in [-0.15, -0.1) is 0 Å². The van der Waals surface area contributed by atoms with Crippen molar-refractivity contribution in [2.45, 2.75) is 26.3 Å². The van der Waals surface area contributed by atoms with E-state index in [1.165, 1.54) is 4.68 Å². The van der Waals surface area contributed by atoms with E-state index in [-0.39, 0.29) is 5.56 Å². The van der Waals surface area contributed by atoms with Crippen molar-refractivity contribution < 1.29 is 0 Å². The van der Waals surface area contributed by atoms with Crippen LogP contribution in [0.5, 0.6) is 0 Å². The molecule has 0 amide bonds. The minimum Gasteiger partial charge on any atom is -0.326 e. The molecule has 1 aromatic rings. The molecule has 0 aliphatic carbocycles. The maximum Gasteiger partial charge on any atom is 0.270 e. The third-order valence-electron chi connectivity index (χ3n) is 1.96. The van der Waals surface area contributed by atoms with Gasteiger partial charge in [0.05, 0.1) is 5.56 Å². The third kappa shape index (κ3) is 1.30. The molecule has 0 saturated heterocycles. The molecule has 68 valence electrons. The van der Waals surface area contributed by atoms with Gasteiger partial charge in [0.25, 0.3) is 5.56 Å². The highest BCUT2D eigenvalue weighted by atomic mass is 16.1. The van der Waals surface area contributed by atoms with Crippen LogP contribution in [0.2, 0.25) is 0 Å². The Labute approximate surface area is 71.4 Å². The van der Waals surface area contributed by atoms with Crippen LogP contribution in [0.3, 0.4) is 0 Å². The number of nitrogens with one attached hydrogen (secondary N) is 1. The maximum absolute atomic E-state index is 11.4. The first kappa shape index (κ1) is 9.06. The predicted octanol–water partition coefficient (Wildman–Crippen LogP) is 0.296. The van der Waals surface area contributed by atoms with E-state index in [2.05, 4.69) is 5.10 Å². The van der Waals surface area contributed by atoms with Gasteiger partial charge in [-0.2, -0.15) is 0 Å². The molecule has 0 saturated carbocycles. The summed E-state index contributed by atoms with van der Waals surface area (Å²) >= 11 is 0. The van der Waals surface area contributed by atoms with Gasteiger partial charge in [-0.3, -0.25) is 14.6 Å². The standard InChI is InChI=1S/C8H15N3O/c1-5(2)7-6(4-9)8(12)11(3)10-7/h5,10H,4,9H2,1-3H3. The Balaban J connectivity index is 3.30. The Bertz CT molecular complexity index is 322. The number of H-pyrrole nitrogens is 1. The Morgan fingerprint density at radius 1 is 1.58 bits per heavy atom. The summed E-state index contributed by atoms with van der Waals surface area (Å²) in [6.45, 7) is 4.37. The van der Waals surface area contributed by atoms with Crippen LogP contribution in [0.15, 0.2) is 4.79 Å². The van der Waals surface area contributed by atoms with Crippen LogP contribution in [-0.2, 0) is 13.6 Å². The second kappa shape index (κ2) is 3.15. The fourth-order valence-electron chi connectivity index (χ4n) is 1.29. The Morgan fingerprint density at radius 3 is 2.50 bits per heavy atom. The third-order valence-corrected chi connectivity index (χ3v) is 1.96. The number of rotatable bonds is 2. The van der Waals surface area contributed by atoms with Crippen LogP contribution in [-0.4, -0.2) is 9.78 Å². The summed E-state index contributed by atoms with van der Waals surface area (Å²) in [7, 11) is 1.70. The van der Waals surface area contributed by atoms with E-state index < -0.39 is 0 Å². The average Bonchev–Trinajstić information content (AvgIpc) is 2.29. The van der Waals surface area contributed by atoms with Gasteiger partial charge in [-0.05, 0) is 5.92 Å². The molecule has 0 spiro atoms. The molecule has 0 aromatic carbocycles. The second-order valence-corrected chi connectivity index (χ2v) is 3.23. The molecular formula is C8H15N3O. The second-order valence-electron chi connectivity index (χ2n) is 3.23. The normalized spacial score (nSPS) is 11.1. The Kier molecular flexibility index (Phi) is 2.38. The lowest BCUT2D eigenvalue weighted by molar-refractivity contribution is 0.697. The van der Waals surface area contributed by atoms with Gasteiger partial charge < -0.3 is 5.73 Å². The molecule has 12 heavy (non-hydrogen) atoms. The number of aryl methyl sites for hydroxylation is 1. The number of hydrogen-bond acceptors (Lipinski definition) is 2. The van der Waals surface area contributed by atoms with Crippen molar-refractivity contribution in [1.29, 1.82) is 0 Å². The number of aromatic nitrogens is 2. The van der Waals surface area contributed by atoms with Gasteiger partial charge in [0.2, 0.25) is 0 Å². The molecule has 4 nitrogen and oxygen atoms in total. The minimum atomic E-state index is -0.0128. The SMILES string of the molecule is CC(C)c1[nH]n(C)c(=O)c1CN. The molecule has 0 bridgehead atoms. The highest BCUT2D eigenvalue weighted by Crippen LogP contribution is 2.12. The molecule has 0 unspecified atom stereocenters. The zero-order valence-electron chi connectivity index (χ0n) is 7.72. The van der Waals surface area contributed by atoms with Crippen LogP contribution < -0.4 is 11.3 Å². The average molecular weight is 169 g/mol. The quantitative estimate of drug-likeness (QED) is 0.668. The molecule has 0 aliphatic heterocycles. The van der Waals surface area contributed by atoms with Gasteiger partial charge in [0, 0.05) is 19.3 Å². The van der Waals surface area contributed by atoms with Gasteiger partial charge in [0.15, 0.2) is 0 Å². The number of hydrogen-bond donors (Lipinski definition) is 2. The van der Waals surface area contributed by atoms with Crippen LogP contribution in [0.4, 0.5) is 0 Å². The summed E-state index contributed by atoms with van der Waals surface area (Å²) in [6.07, 6.45) is 0. The fraction of sp³-hybridized carbons (Fsp3) is 0.625. The van der Waals surface area contributed by atoms with E-state index in [1.807, 2.05) is 13.8 Å². The zero-order valence-corrected chi connectivity index (χ0v) is 7.72. The van der Waals surface area contributed by atoms with Gasteiger partial charge in [0.1, 0.15) is 0 Å². The summed E-state index contributed by atoms with van der Waals surface area (Å²) < 4.78 is 1.47. The molecule has 0 aliphatic rings. The van der Waals surface area contributed by atoms with Crippen molar-refractivity contribution in [3.05, 3.63) is 21.6 Å². The largest absolute Gasteiger partial charge is 0.326 e. The molecular weight excluding hydrogens is 154 g/mol. The molecule has 0 atom stereocenters. The summed E-state index contributed by atoms with van der Waals surface area (Å²) in [6, 6.07) is 0. The van der Waals surface area contributed by atoms with Crippen molar-refractivity contribution in [3.8, 4) is 0 Å². The van der Waals surface area contributed by atoms with Crippen molar-refractivity contribution >= 4 is 0 Å². The Hall–Kier alpha value is -1.03. The highest BCUT2D eigenvalue weighted by molar-refractivity contribution is 5.19. The highest BCUT2D eigenvalue weighted by Gasteiger charge is 2.12. The van der Waals surface area contributed by atoms with E-state index in [9.17, 15) is 4.79 Å². The number of nitrogens with two attached hydrogens (primary N) is 1. The summed E-state index contributed by atoms with van der Waals surface area (Å²) in [5, 5.41) is 2.99. The van der Waals surface area contributed by atoms with Gasteiger partial charge >= 0.3 is 0 Å². The summed E-state index contributed by atoms with van der Waals surface area (Å²) in [4.78, 5) is 11.4. The lowest BCUT2D eigenvalue weighted by atomic mass is 10.1. The first-order valence-electron chi connectivity index (χ1n) is 4.05. The molecule has 0 fully saturated rings. The van der Waals surface area contributed by atoms with Crippen LogP contribution in [0.1, 0.15) is 31.0 Å². The lowest BCUT2D eigenvalue weighted by Crippen LogP contribution is -2.17. The molecule has 0 radical (unpaired) electrons. The molecule has 4 heteroatoms. The van der Waals surface area contributed by atoms with E-state index >= 15 is 0 Å². The van der Waals surface area contributed by atoms with Gasteiger partial charge in [-0.25, -0.2) is 0 Å².